The first-order chi connectivity index (χ1) is 11.3. The molecule has 1 aromatic carbocycles. The van der Waals surface area contributed by atoms with Gasteiger partial charge in [-0.05, 0) is 5.56 Å². The third-order valence-electron chi connectivity index (χ3n) is 3.47. The Morgan fingerprint density at radius 3 is 2.25 bits per heavy atom. The van der Waals surface area contributed by atoms with Crippen LogP contribution in [-0.2, 0) is 25.6 Å². The van der Waals surface area contributed by atoms with E-state index in [4.69, 9.17) is 0 Å². The number of amides is 5. The standard InChI is InChI=1S/C15H15N3O6/c1-17-12(20)13(21)18(15(17)24)8-11(19)16-10(14(22)23)7-9-5-3-2-4-6-9/h2-6,10H,7-8H2,1H3,(H,16,19)(H,22,23)/t10-/m1/s1. The third kappa shape index (κ3) is 3.57. The molecule has 1 saturated heterocycles. The van der Waals surface area contributed by atoms with Gasteiger partial charge in [0.2, 0.25) is 5.91 Å². The Hall–Kier alpha value is -3.23. The van der Waals surface area contributed by atoms with Crippen molar-refractivity contribution in [1.82, 2.24) is 15.1 Å². The van der Waals surface area contributed by atoms with Crippen LogP contribution in [-0.4, -0.2) is 64.3 Å². The van der Waals surface area contributed by atoms with E-state index in [9.17, 15) is 29.1 Å². The maximum absolute atomic E-state index is 12.0. The minimum absolute atomic E-state index is 0.0443. The Bertz CT molecular complexity index is 702. The molecule has 0 spiro atoms. The van der Waals surface area contributed by atoms with E-state index in [1.807, 2.05) is 0 Å². The van der Waals surface area contributed by atoms with E-state index in [-0.39, 0.29) is 6.42 Å². The van der Waals surface area contributed by atoms with Crippen LogP contribution in [0.25, 0.3) is 0 Å². The molecule has 0 bridgehead atoms. The molecule has 2 N–H and O–H groups in total. The van der Waals surface area contributed by atoms with Crippen molar-refractivity contribution in [3.8, 4) is 0 Å². The van der Waals surface area contributed by atoms with Gasteiger partial charge in [-0.25, -0.2) is 14.5 Å². The van der Waals surface area contributed by atoms with Crippen molar-refractivity contribution in [3.63, 3.8) is 0 Å². The monoisotopic (exact) mass is 333 g/mol. The van der Waals surface area contributed by atoms with Gasteiger partial charge in [0.1, 0.15) is 12.6 Å². The number of hydrogen-bond donors (Lipinski definition) is 2. The van der Waals surface area contributed by atoms with Gasteiger partial charge >= 0.3 is 23.8 Å². The first-order valence-corrected chi connectivity index (χ1v) is 7.01. The molecule has 5 amide bonds. The minimum Gasteiger partial charge on any atom is -0.480 e. The van der Waals surface area contributed by atoms with Crippen LogP contribution < -0.4 is 5.32 Å². The van der Waals surface area contributed by atoms with Crippen LogP contribution in [0.15, 0.2) is 30.3 Å². The molecule has 1 fully saturated rings. The number of carboxylic acids is 1. The minimum atomic E-state index is -1.25. The normalized spacial score (nSPS) is 15.6. The second-order valence-corrected chi connectivity index (χ2v) is 5.19. The highest BCUT2D eigenvalue weighted by atomic mass is 16.4. The fourth-order valence-corrected chi connectivity index (χ4v) is 2.19. The summed E-state index contributed by atoms with van der Waals surface area (Å²) in [7, 11) is 1.12. The van der Waals surface area contributed by atoms with Crippen molar-refractivity contribution in [2.24, 2.45) is 0 Å². The van der Waals surface area contributed by atoms with Gasteiger partial charge in [-0.2, -0.15) is 0 Å². The lowest BCUT2D eigenvalue weighted by molar-refractivity contribution is -0.144. The molecule has 0 saturated carbocycles. The predicted octanol–water partition coefficient (Wildman–Crippen LogP) is -0.781. The van der Waals surface area contributed by atoms with Crippen molar-refractivity contribution in [2.45, 2.75) is 12.5 Å². The molecule has 0 radical (unpaired) electrons. The summed E-state index contributed by atoms with van der Waals surface area (Å²) in [5, 5.41) is 11.5. The Labute approximate surface area is 136 Å². The molecule has 1 aromatic rings. The zero-order chi connectivity index (χ0) is 17.9. The molecule has 1 aliphatic heterocycles. The van der Waals surface area contributed by atoms with E-state index in [1.165, 1.54) is 0 Å². The number of carboxylic acid groups (broad SMARTS) is 1. The molecule has 126 valence electrons. The van der Waals surface area contributed by atoms with E-state index in [1.54, 1.807) is 30.3 Å². The third-order valence-corrected chi connectivity index (χ3v) is 3.47. The van der Waals surface area contributed by atoms with E-state index in [2.05, 4.69) is 5.32 Å². The smallest absolute Gasteiger partial charge is 0.334 e. The van der Waals surface area contributed by atoms with Gasteiger partial charge in [-0.3, -0.25) is 19.3 Å². The Morgan fingerprint density at radius 1 is 1.12 bits per heavy atom. The van der Waals surface area contributed by atoms with Crippen molar-refractivity contribution in [3.05, 3.63) is 35.9 Å². The number of urea groups is 1. The number of imide groups is 2. The van der Waals surface area contributed by atoms with Crippen molar-refractivity contribution >= 4 is 29.7 Å². The molecule has 1 atom stereocenters. The summed E-state index contributed by atoms with van der Waals surface area (Å²) in [6, 6.07) is 6.52. The van der Waals surface area contributed by atoms with E-state index < -0.39 is 42.3 Å². The molecular formula is C15H15N3O6. The molecule has 0 unspecified atom stereocenters. The fourth-order valence-electron chi connectivity index (χ4n) is 2.19. The molecule has 24 heavy (non-hydrogen) atoms. The van der Waals surface area contributed by atoms with Gasteiger partial charge < -0.3 is 10.4 Å². The Balaban J connectivity index is 2.01. The van der Waals surface area contributed by atoms with E-state index in [0.717, 1.165) is 7.05 Å². The zero-order valence-electron chi connectivity index (χ0n) is 12.8. The second kappa shape index (κ2) is 6.90. The second-order valence-electron chi connectivity index (χ2n) is 5.19. The number of carbonyl (C=O) groups excluding carboxylic acids is 4. The molecule has 9 nitrogen and oxygen atoms in total. The van der Waals surface area contributed by atoms with Crippen LogP contribution >= 0.6 is 0 Å². The Morgan fingerprint density at radius 2 is 1.75 bits per heavy atom. The zero-order valence-corrected chi connectivity index (χ0v) is 12.8. The quantitative estimate of drug-likeness (QED) is 0.520. The number of likely N-dealkylation sites (N-methyl/N-ethyl adjacent to an activating group) is 1. The Kier molecular flexibility index (Phi) is 4.93. The van der Waals surface area contributed by atoms with Crippen LogP contribution in [0.4, 0.5) is 4.79 Å². The van der Waals surface area contributed by atoms with Gasteiger partial charge in [0, 0.05) is 13.5 Å². The highest BCUT2D eigenvalue weighted by molar-refractivity contribution is 6.44. The van der Waals surface area contributed by atoms with Gasteiger partial charge in [-0.15, -0.1) is 0 Å². The summed E-state index contributed by atoms with van der Waals surface area (Å²) in [5.41, 5.74) is 0.702. The molecule has 9 heteroatoms. The predicted molar refractivity (Wildman–Crippen MR) is 79.6 cm³/mol. The first kappa shape index (κ1) is 17.1. The maximum atomic E-state index is 12.0. The summed E-state index contributed by atoms with van der Waals surface area (Å²) >= 11 is 0. The first-order valence-electron chi connectivity index (χ1n) is 7.01. The number of aliphatic carboxylic acids is 1. The van der Waals surface area contributed by atoms with Gasteiger partial charge in [-0.1, -0.05) is 30.3 Å². The van der Waals surface area contributed by atoms with Crippen LogP contribution in [0.2, 0.25) is 0 Å². The van der Waals surface area contributed by atoms with Crippen molar-refractivity contribution in [2.75, 3.05) is 13.6 Å². The number of nitrogens with zero attached hydrogens (tertiary/aromatic N) is 2. The number of carbonyl (C=O) groups is 5. The highest BCUT2D eigenvalue weighted by Crippen LogP contribution is 2.09. The summed E-state index contributed by atoms with van der Waals surface area (Å²) in [5.74, 6) is -4.25. The summed E-state index contributed by atoms with van der Waals surface area (Å²) in [6.07, 6.45) is 0.0443. The lowest BCUT2D eigenvalue weighted by atomic mass is 10.1. The topological polar surface area (TPSA) is 124 Å². The van der Waals surface area contributed by atoms with Gasteiger partial charge in [0.15, 0.2) is 0 Å². The molecule has 0 aliphatic carbocycles. The average molecular weight is 333 g/mol. The molecule has 1 aliphatic rings. The fraction of sp³-hybridized carbons (Fsp3) is 0.267. The van der Waals surface area contributed by atoms with E-state index in [0.29, 0.717) is 15.4 Å². The molecular weight excluding hydrogens is 318 g/mol. The maximum Gasteiger partial charge on any atom is 0.334 e. The van der Waals surface area contributed by atoms with Crippen molar-refractivity contribution < 1.29 is 29.1 Å². The van der Waals surface area contributed by atoms with Crippen molar-refractivity contribution in [1.29, 1.82) is 0 Å². The van der Waals surface area contributed by atoms with Crippen LogP contribution in [0.1, 0.15) is 5.56 Å². The molecule has 1 heterocycles. The highest BCUT2D eigenvalue weighted by Gasteiger charge is 2.43. The summed E-state index contributed by atoms with van der Waals surface area (Å²) < 4.78 is 0. The number of nitrogens with one attached hydrogen (secondary N) is 1. The lowest BCUT2D eigenvalue weighted by Gasteiger charge is -2.17. The summed E-state index contributed by atoms with van der Waals surface area (Å²) in [4.78, 5) is 58.9. The SMILES string of the molecule is CN1C(=O)C(=O)N(CC(=O)N[C@H](Cc2ccccc2)C(=O)O)C1=O. The average Bonchev–Trinajstić information content (AvgIpc) is 2.73. The van der Waals surface area contributed by atoms with Crippen LogP contribution in [0.5, 0.6) is 0 Å². The summed E-state index contributed by atoms with van der Waals surface area (Å²) in [6.45, 7) is -0.716. The van der Waals surface area contributed by atoms with Crippen LogP contribution in [0.3, 0.4) is 0 Å². The number of hydrogen-bond acceptors (Lipinski definition) is 5. The van der Waals surface area contributed by atoms with E-state index >= 15 is 0 Å². The molecule has 2 rings (SSSR count). The largest absolute Gasteiger partial charge is 0.480 e. The number of rotatable bonds is 6. The number of benzene rings is 1. The van der Waals surface area contributed by atoms with Gasteiger partial charge in [0.25, 0.3) is 0 Å². The molecule has 0 aromatic heterocycles. The van der Waals surface area contributed by atoms with Crippen LogP contribution in [0, 0.1) is 0 Å². The lowest BCUT2D eigenvalue weighted by Crippen LogP contribution is -2.48. The van der Waals surface area contributed by atoms with Gasteiger partial charge in [0.05, 0.1) is 0 Å².